The molecule has 0 N–H and O–H groups in total. The van der Waals surface area contributed by atoms with E-state index in [9.17, 15) is 9.59 Å². The monoisotopic (exact) mass is 393 g/mol. The van der Waals surface area contributed by atoms with Gasteiger partial charge >= 0.3 is 0 Å². The molecule has 2 aromatic rings. The third-order valence-electron chi connectivity index (χ3n) is 3.97. The summed E-state index contributed by atoms with van der Waals surface area (Å²) >= 11 is 3.14. The van der Waals surface area contributed by atoms with E-state index in [1.807, 2.05) is 12.1 Å². The van der Waals surface area contributed by atoms with Crippen molar-refractivity contribution >= 4 is 27.6 Å². The smallest absolute Gasteiger partial charge is 0.262 e. The molecule has 8 heteroatoms. The molecule has 126 valence electrons. The predicted molar refractivity (Wildman–Crippen MR) is 89.1 cm³/mol. The molecular formula is C16H16BrN3O4. The molecule has 7 nitrogen and oxygen atoms in total. The van der Waals surface area contributed by atoms with Crippen LogP contribution in [-0.4, -0.2) is 51.8 Å². The maximum Gasteiger partial charge on any atom is 0.262 e. The highest BCUT2D eigenvalue weighted by Gasteiger charge is 2.36. The van der Waals surface area contributed by atoms with E-state index < -0.39 is 6.04 Å². The van der Waals surface area contributed by atoms with Crippen LogP contribution in [-0.2, 0) is 4.79 Å². The Morgan fingerprint density at radius 1 is 1.42 bits per heavy atom. The highest BCUT2D eigenvalue weighted by molar-refractivity contribution is 9.09. The second-order valence-corrected chi connectivity index (χ2v) is 5.93. The number of alkyl halides is 1. The predicted octanol–water partition coefficient (Wildman–Crippen LogP) is 2.31. The number of methoxy groups -OCH3 is 1. The minimum atomic E-state index is -0.529. The topological polar surface area (TPSA) is 85.5 Å². The van der Waals surface area contributed by atoms with Crippen molar-refractivity contribution in [1.82, 2.24) is 15.0 Å². The van der Waals surface area contributed by atoms with Crippen molar-refractivity contribution in [3.8, 4) is 17.2 Å². The lowest BCUT2D eigenvalue weighted by Crippen LogP contribution is -2.41. The van der Waals surface area contributed by atoms with Crippen LogP contribution in [0.4, 0.5) is 0 Å². The van der Waals surface area contributed by atoms with Gasteiger partial charge in [0.05, 0.1) is 24.0 Å². The molecule has 2 heterocycles. The molecule has 1 saturated heterocycles. The number of hydrogen-bond donors (Lipinski definition) is 0. The van der Waals surface area contributed by atoms with Gasteiger partial charge in [0, 0.05) is 6.54 Å². The maximum atomic E-state index is 12.7. The molecule has 0 saturated carbocycles. The molecule has 1 aromatic carbocycles. The summed E-state index contributed by atoms with van der Waals surface area (Å²) in [6.45, 7) is 0.568. The van der Waals surface area contributed by atoms with Crippen LogP contribution < -0.4 is 4.74 Å². The highest BCUT2D eigenvalue weighted by atomic mass is 79.9. The van der Waals surface area contributed by atoms with Gasteiger partial charge in [-0.05, 0) is 25.0 Å². The highest BCUT2D eigenvalue weighted by Crippen LogP contribution is 2.29. The average molecular weight is 394 g/mol. The number of ether oxygens (including phenoxy) is 1. The van der Waals surface area contributed by atoms with Crippen LogP contribution in [0.15, 0.2) is 28.8 Å². The number of hydrogen-bond acceptors (Lipinski definition) is 6. The Morgan fingerprint density at radius 3 is 2.96 bits per heavy atom. The molecule has 0 aliphatic carbocycles. The third kappa shape index (κ3) is 3.06. The molecule has 0 bridgehead atoms. The van der Waals surface area contributed by atoms with E-state index in [4.69, 9.17) is 9.26 Å². The van der Waals surface area contributed by atoms with Gasteiger partial charge in [0.15, 0.2) is 0 Å². The normalized spacial score (nSPS) is 17.1. The van der Waals surface area contributed by atoms with Gasteiger partial charge in [-0.15, -0.1) is 0 Å². The number of carbonyl (C=O) groups excluding carboxylic acids is 2. The SMILES string of the molecule is COc1ccccc1-c1nc(C(=O)[C@@H]2CCCN2C(=O)CBr)no1. The van der Waals surface area contributed by atoms with E-state index in [2.05, 4.69) is 26.1 Å². The van der Waals surface area contributed by atoms with Gasteiger partial charge in [-0.1, -0.05) is 33.2 Å². The zero-order valence-electron chi connectivity index (χ0n) is 13.1. The fourth-order valence-corrected chi connectivity index (χ4v) is 3.14. The van der Waals surface area contributed by atoms with E-state index in [1.165, 1.54) is 0 Å². The van der Waals surface area contributed by atoms with Crippen molar-refractivity contribution < 1.29 is 18.8 Å². The van der Waals surface area contributed by atoms with Crippen LogP contribution in [0.2, 0.25) is 0 Å². The van der Waals surface area contributed by atoms with E-state index in [0.29, 0.717) is 24.3 Å². The summed E-state index contributed by atoms with van der Waals surface area (Å²) in [4.78, 5) is 30.3. The number of aromatic nitrogens is 2. The number of halogens is 1. The number of Topliss-reactive ketones (excluding diaryl/α,β-unsaturated/α-hetero) is 1. The van der Waals surface area contributed by atoms with Crippen LogP contribution in [0.25, 0.3) is 11.5 Å². The van der Waals surface area contributed by atoms with Gasteiger partial charge in [-0.3, -0.25) is 9.59 Å². The van der Waals surface area contributed by atoms with Crippen LogP contribution in [0.3, 0.4) is 0 Å². The molecule has 1 amide bonds. The molecule has 1 fully saturated rings. The van der Waals surface area contributed by atoms with Gasteiger partial charge in [-0.2, -0.15) is 4.98 Å². The van der Waals surface area contributed by atoms with Crippen LogP contribution in [0, 0.1) is 0 Å². The number of benzene rings is 1. The molecule has 1 atom stereocenters. The molecule has 1 aliphatic rings. The van der Waals surface area contributed by atoms with Gasteiger partial charge in [0.1, 0.15) is 5.75 Å². The van der Waals surface area contributed by atoms with E-state index in [1.54, 1.807) is 24.1 Å². The van der Waals surface area contributed by atoms with Crippen molar-refractivity contribution in [2.45, 2.75) is 18.9 Å². The quantitative estimate of drug-likeness (QED) is 0.572. The van der Waals surface area contributed by atoms with E-state index in [-0.39, 0.29) is 28.7 Å². The Kier molecular flexibility index (Phi) is 4.94. The number of amides is 1. The van der Waals surface area contributed by atoms with Crippen LogP contribution >= 0.6 is 15.9 Å². The summed E-state index contributed by atoms with van der Waals surface area (Å²) in [5, 5.41) is 3.98. The zero-order valence-corrected chi connectivity index (χ0v) is 14.7. The van der Waals surface area contributed by atoms with Crippen molar-refractivity contribution in [3.63, 3.8) is 0 Å². The second-order valence-electron chi connectivity index (χ2n) is 5.37. The molecule has 1 aliphatic heterocycles. The summed E-state index contributed by atoms with van der Waals surface area (Å²) < 4.78 is 10.5. The second kappa shape index (κ2) is 7.12. The Hall–Kier alpha value is -2.22. The summed E-state index contributed by atoms with van der Waals surface area (Å²) in [6, 6.07) is 6.66. The van der Waals surface area contributed by atoms with Crippen molar-refractivity contribution in [2.75, 3.05) is 19.0 Å². The first-order chi connectivity index (χ1) is 11.7. The van der Waals surface area contributed by atoms with Crippen LogP contribution in [0.1, 0.15) is 23.5 Å². The fourth-order valence-electron chi connectivity index (χ4n) is 2.82. The largest absolute Gasteiger partial charge is 0.496 e. The number of para-hydroxylation sites is 1. The lowest BCUT2D eigenvalue weighted by Gasteiger charge is -2.21. The third-order valence-corrected chi connectivity index (χ3v) is 4.45. The lowest BCUT2D eigenvalue weighted by molar-refractivity contribution is -0.128. The number of nitrogens with zero attached hydrogens (tertiary/aromatic N) is 3. The minimum Gasteiger partial charge on any atom is -0.496 e. The lowest BCUT2D eigenvalue weighted by atomic mass is 10.1. The first-order valence-electron chi connectivity index (χ1n) is 7.52. The summed E-state index contributed by atoms with van der Waals surface area (Å²) in [7, 11) is 1.55. The Balaban J connectivity index is 1.85. The summed E-state index contributed by atoms with van der Waals surface area (Å²) in [5.41, 5.74) is 0.617. The first kappa shape index (κ1) is 16.6. The Morgan fingerprint density at radius 2 is 2.21 bits per heavy atom. The molecule has 1 aromatic heterocycles. The fraction of sp³-hybridized carbons (Fsp3) is 0.375. The Bertz CT molecular complexity index is 761. The molecule has 0 spiro atoms. The van der Waals surface area contributed by atoms with Crippen molar-refractivity contribution in [3.05, 3.63) is 30.1 Å². The number of ketones is 1. The number of rotatable bonds is 5. The summed E-state index contributed by atoms with van der Waals surface area (Å²) in [6.07, 6.45) is 1.39. The van der Waals surface area contributed by atoms with Gasteiger partial charge in [0.25, 0.3) is 5.89 Å². The summed E-state index contributed by atoms with van der Waals surface area (Å²) in [5.74, 6) is 0.366. The molecule has 0 unspecified atom stereocenters. The zero-order chi connectivity index (χ0) is 17.1. The standard InChI is InChI=1S/C16H16BrN3O4/c1-23-12-7-3-2-5-10(12)16-18-15(19-24-16)14(22)11-6-4-8-20(11)13(21)9-17/h2-3,5,7,11H,4,6,8-9H2,1H3/t11-/m0/s1. The minimum absolute atomic E-state index is 0.0184. The van der Waals surface area contributed by atoms with Crippen molar-refractivity contribution in [1.29, 1.82) is 0 Å². The van der Waals surface area contributed by atoms with E-state index >= 15 is 0 Å². The number of carbonyl (C=O) groups is 2. The Labute approximate surface area is 147 Å². The molecule has 24 heavy (non-hydrogen) atoms. The van der Waals surface area contributed by atoms with Gasteiger partial charge in [0.2, 0.25) is 17.5 Å². The molecule has 0 radical (unpaired) electrons. The van der Waals surface area contributed by atoms with E-state index in [0.717, 1.165) is 6.42 Å². The van der Waals surface area contributed by atoms with Crippen molar-refractivity contribution in [2.24, 2.45) is 0 Å². The number of likely N-dealkylation sites (tertiary alicyclic amines) is 1. The van der Waals surface area contributed by atoms with Gasteiger partial charge < -0.3 is 14.2 Å². The molecule has 3 rings (SSSR count). The van der Waals surface area contributed by atoms with Gasteiger partial charge in [-0.25, -0.2) is 0 Å². The molecular weight excluding hydrogens is 378 g/mol. The maximum absolute atomic E-state index is 12.7. The first-order valence-corrected chi connectivity index (χ1v) is 8.64. The van der Waals surface area contributed by atoms with Crippen LogP contribution in [0.5, 0.6) is 5.75 Å². The average Bonchev–Trinajstić information content (AvgIpc) is 3.29.